The minimum atomic E-state index is -0.866. The van der Waals surface area contributed by atoms with Gasteiger partial charge < -0.3 is 5.11 Å². The fourth-order valence-electron chi connectivity index (χ4n) is 4.39. The highest BCUT2D eigenvalue weighted by molar-refractivity contribution is 7.08. The van der Waals surface area contributed by atoms with Crippen molar-refractivity contribution in [3.8, 4) is 0 Å². The van der Waals surface area contributed by atoms with Crippen molar-refractivity contribution in [1.82, 2.24) is 14.9 Å². The standard InChI is InChI=1S/C23H25N3O2S/c1-15-6-4-10-24-21(15)19-8-3-9-20(22-16(2)7-5-11-25-22)26(19)12-17-13-29-14-18(17)23(27)28/h4-7,10-11,13-14,19-20H,3,8-9,12H2,1-2H3,(H,27,28)/t19-,20+. The summed E-state index contributed by atoms with van der Waals surface area (Å²) in [6.45, 7) is 4.78. The van der Waals surface area contributed by atoms with Crippen molar-refractivity contribution in [2.24, 2.45) is 0 Å². The molecule has 5 nitrogen and oxygen atoms in total. The lowest BCUT2D eigenvalue weighted by Gasteiger charge is -2.42. The zero-order chi connectivity index (χ0) is 20.4. The van der Waals surface area contributed by atoms with Crippen molar-refractivity contribution in [3.63, 3.8) is 0 Å². The van der Waals surface area contributed by atoms with Crippen molar-refractivity contribution >= 4 is 17.3 Å². The third kappa shape index (κ3) is 3.95. The van der Waals surface area contributed by atoms with Crippen molar-refractivity contribution in [1.29, 1.82) is 0 Å². The molecule has 0 aromatic carbocycles. The second-order valence-corrected chi connectivity index (χ2v) is 8.41. The van der Waals surface area contributed by atoms with Gasteiger partial charge >= 0.3 is 5.97 Å². The van der Waals surface area contributed by atoms with Gasteiger partial charge in [-0.2, -0.15) is 11.3 Å². The molecule has 0 unspecified atom stereocenters. The summed E-state index contributed by atoms with van der Waals surface area (Å²) in [6, 6.07) is 8.41. The molecule has 0 radical (unpaired) electrons. The van der Waals surface area contributed by atoms with Crippen molar-refractivity contribution < 1.29 is 9.90 Å². The van der Waals surface area contributed by atoms with E-state index in [0.717, 1.165) is 36.2 Å². The van der Waals surface area contributed by atoms with E-state index in [1.807, 2.05) is 29.9 Å². The highest BCUT2D eigenvalue weighted by Crippen LogP contribution is 2.43. The molecule has 4 heterocycles. The molecule has 150 valence electrons. The SMILES string of the molecule is Cc1cccnc1[C@H]1CCC[C@@H](c2ncccc2C)N1Cc1cscc1C(=O)O. The van der Waals surface area contributed by atoms with Crippen LogP contribution in [0.5, 0.6) is 0 Å². The fourth-order valence-corrected chi connectivity index (χ4v) is 5.21. The van der Waals surface area contributed by atoms with Crippen LogP contribution in [0.15, 0.2) is 47.4 Å². The third-order valence-electron chi connectivity index (χ3n) is 5.81. The average molecular weight is 408 g/mol. The van der Waals surface area contributed by atoms with Crippen molar-refractivity contribution in [2.45, 2.75) is 51.7 Å². The van der Waals surface area contributed by atoms with Crippen LogP contribution in [-0.2, 0) is 6.54 Å². The predicted molar refractivity (Wildman–Crippen MR) is 114 cm³/mol. The van der Waals surface area contributed by atoms with Gasteiger partial charge in [-0.3, -0.25) is 14.9 Å². The number of aromatic nitrogens is 2. The number of hydrogen-bond donors (Lipinski definition) is 1. The smallest absolute Gasteiger partial charge is 0.336 e. The maximum absolute atomic E-state index is 11.7. The van der Waals surface area contributed by atoms with Crippen LogP contribution in [0.4, 0.5) is 0 Å². The average Bonchev–Trinajstić information content (AvgIpc) is 3.18. The molecular weight excluding hydrogens is 382 g/mol. The highest BCUT2D eigenvalue weighted by atomic mass is 32.1. The van der Waals surface area contributed by atoms with E-state index in [-0.39, 0.29) is 12.1 Å². The van der Waals surface area contributed by atoms with Gasteiger partial charge in [0.2, 0.25) is 0 Å². The van der Waals surface area contributed by atoms with Crippen LogP contribution in [0.1, 0.15) is 69.8 Å². The van der Waals surface area contributed by atoms with Gasteiger partial charge in [0.15, 0.2) is 0 Å². The molecule has 3 aromatic heterocycles. The van der Waals surface area contributed by atoms with Crippen LogP contribution in [0, 0.1) is 13.8 Å². The van der Waals surface area contributed by atoms with Gasteiger partial charge in [-0.1, -0.05) is 12.1 Å². The lowest BCUT2D eigenvalue weighted by Crippen LogP contribution is -2.37. The number of carboxylic acid groups (broad SMARTS) is 1. The first-order chi connectivity index (χ1) is 14.1. The van der Waals surface area contributed by atoms with Gasteiger partial charge in [0.05, 0.1) is 29.0 Å². The lowest BCUT2D eigenvalue weighted by atomic mass is 9.88. The Balaban J connectivity index is 1.78. The summed E-state index contributed by atoms with van der Waals surface area (Å²) in [4.78, 5) is 23.5. The normalized spacial score (nSPS) is 19.9. The van der Waals surface area contributed by atoms with Crippen LogP contribution in [0.2, 0.25) is 0 Å². The molecule has 2 atom stereocenters. The summed E-state index contributed by atoms with van der Waals surface area (Å²) in [6.07, 6.45) is 6.81. The molecule has 6 heteroatoms. The molecule has 1 aliphatic heterocycles. The summed E-state index contributed by atoms with van der Waals surface area (Å²) in [7, 11) is 0. The molecule has 0 bridgehead atoms. The molecule has 0 aliphatic carbocycles. The Hall–Kier alpha value is -2.57. The topological polar surface area (TPSA) is 66.3 Å². The molecule has 0 amide bonds. The number of aromatic carboxylic acids is 1. The first kappa shape index (κ1) is 19.7. The monoisotopic (exact) mass is 407 g/mol. The number of pyridine rings is 2. The quantitative estimate of drug-likeness (QED) is 0.620. The Morgan fingerprint density at radius 1 is 1.07 bits per heavy atom. The number of hydrogen-bond acceptors (Lipinski definition) is 5. The van der Waals surface area contributed by atoms with Gasteiger partial charge in [-0.05, 0) is 67.3 Å². The van der Waals surface area contributed by atoms with Gasteiger partial charge in [-0.25, -0.2) is 4.79 Å². The Labute approximate surface area is 175 Å². The number of carboxylic acids is 1. The summed E-state index contributed by atoms with van der Waals surface area (Å²) in [5.74, 6) is -0.866. The van der Waals surface area contributed by atoms with E-state index in [1.54, 1.807) is 5.38 Å². The molecular formula is C23H25N3O2S. The maximum atomic E-state index is 11.7. The maximum Gasteiger partial charge on any atom is 0.336 e. The van der Waals surface area contributed by atoms with Crippen LogP contribution in [0.25, 0.3) is 0 Å². The molecule has 1 fully saturated rings. The number of likely N-dealkylation sites (tertiary alicyclic amines) is 1. The number of aryl methyl sites for hydroxylation is 2. The minimum Gasteiger partial charge on any atom is -0.478 e. The van der Waals surface area contributed by atoms with E-state index in [1.165, 1.54) is 22.5 Å². The van der Waals surface area contributed by atoms with Crippen LogP contribution in [-0.4, -0.2) is 25.9 Å². The lowest BCUT2D eigenvalue weighted by molar-refractivity contribution is 0.0638. The second-order valence-electron chi connectivity index (χ2n) is 7.66. The van der Waals surface area contributed by atoms with Gasteiger partial charge in [0.25, 0.3) is 0 Å². The van der Waals surface area contributed by atoms with E-state index in [9.17, 15) is 9.90 Å². The number of thiophene rings is 1. The molecule has 1 aliphatic rings. The summed E-state index contributed by atoms with van der Waals surface area (Å²) < 4.78 is 0. The van der Waals surface area contributed by atoms with Crippen LogP contribution >= 0.6 is 11.3 Å². The zero-order valence-corrected chi connectivity index (χ0v) is 17.5. The first-order valence-electron chi connectivity index (χ1n) is 9.93. The highest BCUT2D eigenvalue weighted by Gasteiger charge is 2.36. The predicted octanol–water partition coefficient (Wildman–Crippen LogP) is 5.32. The number of nitrogens with zero attached hydrogens (tertiary/aromatic N) is 3. The van der Waals surface area contributed by atoms with E-state index in [4.69, 9.17) is 9.97 Å². The van der Waals surface area contributed by atoms with Crippen LogP contribution < -0.4 is 0 Å². The zero-order valence-electron chi connectivity index (χ0n) is 16.7. The first-order valence-corrected chi connectivity index (χ1v) is 10.9. The molecule has 3 aromatic rings. The van der Waals surface area contributed by atoms with E-state index in [0.29, 0.717) is 12.1 Å². The number of piperidine rings is 1. The molecule has 29 heavy (non-hydrogen) atoms. The van der Waals surface area contributed by atoms with E-state index in [2.05, 4.69) is 30.9 Å². The Bertz CT molecular complexity index is 963. The molecule has 1 N–H and O–H groups in total. The van der Waals surface area contributed by atoms with E-state index >= 15 is 0 Å². The van der Waals surface area contributed by atoms with Gasteiger partial charge in [-0.15, -0.1) is 0 Å². The minimum absolute atomic E-state index is 0.137. The number of rotatable bonds is 5. The largest absolute Gasteiger partial charge is 0.478 e. The Kier molecular flexibility index (Phi) is 5.74. The van der Waals surface area contributed by atoms with E-state index < -0.39 is 5.97 Å². The second kappa shape index (κ2) is 8.43. The molecule has 0 spiro atoms. The molecule has 1 saturated heterocycles. The summed E-state index contributed by atoms with van der Waals surface area (Å²) >= 11 is 1.44. The third-order valence-corrected chi connectivity index (χ3v) is 6.60. The Morgan fingerprint density at radius 3 is 2.17 bits per heavy atom. The molecule has 4 rings (SSSR count). The summed E-state index contributed by atoms with van der Waals surface area (Å²) in [5.41, 5.74) is 5.76. The van der Waals surface area contributed by atoms with Gasteiger partial charge in [0, 0.05) is 24.3 Å². The van der Waals surface area contributed by atoms with Crippen molar-refractivity contribution in [2.75, 3.05) is 0 Å². The number of carbonyl (C=O) groups is 1. The van der Waals surface area contributed by atoms with Crippen LogP contribution in [0.3, 0.4) is 0 Å². The molecule has 0 saturated carbocycles. The van der Waals surface area contributed by atoms with Crippen molar-refractivity contribution in [3.05, 3.63) is 81.1 Å². The summed E-state index contributed by atoms with van der Waals surface area (Å²) in [5, 5.41) is 13.3. The fraction of sp³-hybridized carbons (Fsp3) is 0.348. The Morgan fingerprint density at radius 2 is 1.66 bits per heavy atom. The van der Waals surface area contributed by atoms with Gasteiger partial charge in [0.1, 0.15) is 0 Å².